The quantitative estimate of drug-likeness (QED) is 0.765. The number of para-hydroxylation sites is 1. The third-order valence-corrected chi connectivity index (χ3v) is 3.75. The number of nitrogens with zero attached hydrogens (tertiary/aromatic N) is 1. The second-order valence-electron chi connectivity index (χ2n) is 4.00. The normalized spacial score (nSPS) is 10.7. The van der Waals surface area contributed by atoms with E-state index in [0.717, 1.165) is 15.9 Å². The lowest BCUT2D eigenvalue weighted by molar-refractivity contribution is 0.0692. The molecule has 0 aliphatic carbocycles. The van der Waals surface area contributed by atoms with Crippen LogP contribution < -0.4 is 0 Å². The van der Waals surface area contributed by atoms with Crippen LogP contribution in [0.5, 0.6) is 0 Å². The van der Waals surface area contributed by atoms with E-state index in [4.69, 9.17) is 5.11 Å². The van der Waals surface area contributed by atoms with E-state index in [-0.39, 0.29) is 5.56 Å². The van der Waals surface area contributed by atoms with Gasteiger partial charge >= 0.3 is 5.97 Å². The highest BCUT2D eigenvalue weighted by Crippen LogP contribution is 2.31. The molecular weight excluding hydrogens is 260 g/mol. The number of carboxylic acids is 1. The molecule has 3 rings (SSSR count). The van der Waals surface area contributed by atoms with Crippen LogP contribution in [-0.2, 0) is 0 Å². The lowest BCUT2D eigenvalue weighted by Crippen LogP contribution is -1.99. The first-order valence-electron chi connectivity index (χ1n) is 5.67. The third-order valence-electron chi connectivity index (χ3n) is 2.74. The minimum Gasteiger partial charge on any atom is -0.478 e. The average molecular weight is 270 g/mol. The van der Waals surface area contributed by atoms with Gasteiger partial charge in [-0.15, -0.1) is 0 Å². The molecule has 0 aliphatic heterocycles. The van der Waals surface area contributed by atoms with Gasteiger partial charge in [0.1, 0.15) is 0 Å². The molecule has 94 valence electrons. The van der Waals surface area contributed by atoms with Crippen molar-refractivity contribution in [3.05, 3.63) is 54.4 Å². The van der Waals surface area contributed by atoms with Gasteiger partial charge in [0, 0.05) is 28.2 Å². The van der Waals surface area contributed by atoms with Crippen LogP contribution in [0.2, 0.25) is 0 Å². The lowest BCUT2D eigenvalue weighted by atomic mass is 10.3. The summed E-state index contributed by atoms with van der Waals surface area (Å²) in [6, 6.07) is 11.7. The van der Waals surface area contributed by atoms with E-state index in [1.165, 1.54) is 18.0 Å². The van der Waals surface area contributed by atoms with E-state index in [2.05, 4.69) is 9.97 Å². The number of H-pyrrole nitrogens is 1. The molecule has 2 aromatic heterocycles. The number of hydrogen-bond acceptors (Lipinski definition) is 3. The molecule has 0 saturated carbocycles. The van der Waals surface area contributed by atoms with Crippen molar-refractivity contribution in [2.75, 3.05) is 0 Å². The number of aromatic carboxylic acids is 1. The van der Waals surface area contributed by atoms with Crippen LogP contribution in [0.3, 0.4) is 0 Å². The van der Waals surface area contributed by atoms with Gasteiger partial charge in [-0.1, -0.05) is 30.0 Å². The maximum Gasteiger partial charge on any atom is 0.338 e. The first kappa shape index (κ1) is 11.8. The van der Waals surface area contributed by atoms with Gasteiger partial charge < -0.3 is 10.1 Å². The summed E-state index contributed by atoms with van der Waals surface area (Å²) in [6.45, 7) is 0. The molecule has 0 bridgehead atoms. The summed E-state index contributed by atoms with van der Waals surface area (Å²) in [4.78, 5) is 18.9. The fourth-order valence-corrected chi connectivity index (χ4v) is 2.81. The van der Waals surface area contributed by atoms with Gasteiger partial charge in [-0.3, -0.25) is 4.98 Å². The van der Waals surface area contributed by atoms with Gasteiger partial charge in [0.2, 0.25) is 0 Å². The second kappa shape index (κ2) is 4.78. The molecule has 1 aromatic carbocycles. The molecule has 0 radical (unpaired) electrons. The Morgan fingerprint density at radius 1 is 1.26 bits per heavy atom. The molecule has 19 heavy (non-hydrogen) atoms. The van der Waals surface area contributed by atoms with Crippen molar-refractivity contribution in [3.63, 3.8) is 0 Å². The standard InChI is InChI=1S/C14H10N2O2S/c17-14(18)10-8-15-6-5-12(10)19-13-7-9-3-1-2-4-11(9)16-13/h1-8,16H,(H,17,18). The monoisotopic (exact) mass is 270 g/mol. The Bertz CT molecular complexity index is 719. The molecule has 0 atom stereocenters. The summed E-state index contributed by atoms with van der Waals surface area (Å²) in [5, 5.41) is 11.1. The van der Waals surface area contributed by atoms with Gasteiger partial charge in [-0.2, -0.15) is 0 Å². The van der Waals surface area contributed by atoms with E-state index >= 15 is 0 Å². The van der Waals surface area contributed by atoms with Gasteiger partial charge in [-0.25, -0.2) is 4.79 Å². The van der Waals surface area contributed by atoms with Crippen LogP contribution in [0.1, 0.15) is 10.4 Å². The molecule has 5 heteroatoms. The van der Waals surface area contributed by atoms with Gasteiger partial charge in [0.25, 0.3) is 0 Å². The zero-order valence-corrected chi connectivity index (χ0v) is 10.6. The van der Waals surface area contributed by atoms with E-state index in [1.54, 1.807) is 12.3 Å². The molecule has 0 aliphatic rings. The Labute approximate surface area is 113 Å². The van der Waals surface area contributed by atoms with Gasteiger partial charge in [-0.05, 0) is 18.2 Å². The molecule has 3 aromatic rings. The number of fused-ring (bicyclic) bond motifs is 1. The fraction of sp³-hybridized carbons (Fsp3) is 0. The number of hydrogen-bond donors (Lipinski definition) is 2. The molecule has 4 nitrogen and oxygen atoms in total. The zero-order chi connectivity index (χ0) is 13.2. The summed E-state index contributed by atoms with van der Waals surface area (Å²) >= 11 is 1.39. The van der Waals surface area contributed by atoms with Crippen molar-refractivity contribution in [2.24, 2.45) is 0 Å². The highest BCUT2D eigenvalue weighted by atomic mass is 32.2. The molecule has 0 saturated heterocycles. The van der Waals surface area contributed by atoms with Crippen LogP contribution in [0.25, 0.3) is 10.9 Å². The minimum absolute atomic E-state index is 0.214. The Morgan fingerprint density at radius 2 is 2.11 bits per heavy atom. The predicted molar refractivity (Wildman–Crippen MR) is 73.6 cm³/mol. The van der Waals surface area contributed by atoms with Crippen molar-refractivity contribution in [1.29, 1.82) is 0 Å². The summed E-state index contributed by atoms with van der Waals surface area (Å²) in [6.07, 6.45) is 2.96. The van der Waals surface area contributed by atoms with E-state index in [9.17, 15) is 4.79 Å². The molecule has 0 amide bonds. The number of carboxylic acid groups (broad SMARTS) is 1. The molecule has 0 spiro atoms. The van der Waals surface area contributed by atoms with Gasteiger partial charge in [0.15, 0.2) is 0 Å². The van der Waals surface area contributed by atoms with Crippen molar-refractivity contribution < 1.29 is 9.90 Å². The van der Waals surface area contributed by atoms with Crippen molar-refractivity contribution >= 4 is 28.6 Å². The Hall–Kier alpha value is -2.27. The van der Waals surface area contributed by atoms with Crippen molar-refractivity contribution in [2.45, 2.75) is 9.92 Å². The van der Waals surface area contributed by atoms with Crippen LogP contribution >= 0.6 is 11.8 Å². The van der Waals surface area contributed by atoms with Crippen LogP contribution in [0.15, 0.2) is 58.7 Å². The maximum absolute atomic E-state index is 11.1. The van der Waals surface area contributed by atoms with Crippen LogP contribution in [0, 0.1) is 0 Å². The Morgan fingerprint density at radius 3 is 2.89 bits per heavy atom. The predicted octanol–water partition coefficient (Wildman–Crippen LogP) is 3.41. The smallest absolute Gasteiger partial charge is 0.338 e. The van der Waals surface area contributed by atoms with E-state index < -0.39 is 5.97 Å². The van der Waals surface area contributed by atoms with E-state index in [1.807, 2.05) is 30.3 Å². The van der Waals surface area contributed by atoms with Crippen LogP contribution in [0.4, 0.5) is 0 Å². The lowest BCUT2D eigenvalue weighted by Gasteiger charge is -2.02. The molecule has 0 fully saturated rings. The first-order chi connectivity index (χ1) is 9.24. The summed E-state index contributed by atoms with van der Waals surface area (Å²) in [5.74, 6) is -0.966. The first-order valence-corrected chi connectivity index (χ1v) is 6.48. The van der Waals surface area contributed by atoms with Crippen LogP contribution in [-0.4, -0.2) is 21.0 Å². The number of benzene rings is 1. The number of pyridine rings is 1. The average Bonchev–Trinajstić information content (AvgIpc) is 2.81. The van der Waals surface area contributed by atoms with Crippen molar-refractivity contribution in [1.82, 2.24) is 9.97 Å². The SMILES string of the molecule is O=C(O)c1cnccc1Sc1cc2ccccc2[nH]1. The zero-order valence-electron chi connectivity index (χ0n) is 9.83. The summed E-state index contributed by atoms with van der Waals surface area (Å²) < 4.78 is 0. The molecule has 0 unspecified atom stereocenters. The summed E-state index contributed by atoms with van der Waals surface area (Å²) in [5.41, 5.74) is 1.25. The topological polar surface area (TPSA) is 66.0 Å². The number of carbonyl (C=O) groups is 1. The fourth-order valence-electron chi connectivity index (χ4n) is 1.85. The molecule has 2 heterocycles. The number of nitrogens with one attached hydrogen (secondary N) is 1. The van der Waals surface area contributed by atoms with Gasteiger partial charge in [0.05, 0.1) is 10.6 Å². The second-order valence-corrected chi connectivity index (χ2v) is 5.08. The number of aromatic nitrogens is 2. The number of aromatic amines is 1. The highest BCUT2D eigenvalue weighted by molar-refractivity contribution is 7.99. The van der Waals surface area contributed by atoms with E-state index in [0.29, 0.717) is 4.90 Å². The Kier molecular flexibility index (Phi) is 2.97. The molecular formula is C14H10N2O2S. The minimum atomic E-state index is -0.966. The largest absolute Gasteiger partial charge is 0.478 e. The third kappa shape index (κ3) is 2.32. The highest BCUT2D eigenvalue weighted by Gasteiger charge is 2.12. The maximum atomic E-state index is 11.1. The summed E-state index contributed by atoms with van der Waals surface area (Å²) in [7, 11) is 0. The molecule has 2 N–H and O–H groups in total. The van der Waals surface area contributed by atoms with Crippen molar-refractivity contribution in [3.8, 4) is 0 Å². The number of rotatable bonds is 3. The Balaban J connectivity index is 1.99.